The van der Waals surface area contributed by atoms with Crippen LogP contribution >= 0.6 is 0 Å². The molecule has 2 aromatic heterocycles. The average Bonchev–Trinajstić information content (AvgIpc) is 2.93. The summed E-state index contributed by atoms with van der Waals surface area (Å²) >= 11 is 0. The second-order valence-corrected chi connectivity index (χ2v) is 4.00. The number of carbonyl (C=O) groups is 1. The van der Waals surface area contributed by atoms with Crippen molar-refractivity contribution in [1.29, 1.82) is 0 Å². The molecule has 92 valence electrons. The number of hydrogen-bond acceptors (Lipinski definition) is 4. The van der Waals surface area contributed by atoms with Gasteiger partial charge in [0.25, 0.3) is 11.5 Å². The number of pyridine rings is 1. The molecule has 6 nitrogen and oxygen atoms in total. The summed E-state index contributed by atoms with van der Waals surface area (Å²) in [6.07, 6.45) is 3.68. The van der Waals surface area contributed by atoms with Crippen molar-refractivity contribution in [1.82, 2.24) is 14.4 Å². The summed E-state index contributed by atoms with van der Waals surface area (Å²) in [6, 6.07) is 5.21. The highest BCUT2D eigenvalue weighted by Gasteiger charge is 2.24. The molecule has 0 aliphatic carbocycles. The molecule has 0 saturated carbocycles. The average molecular weight is 245 g/mol. The van der Waals surface area contributed by atoms with Gasteiger partial charge in [0, 0.05) is 12.4 Å². The van der Waals surface area contributed by atoms with E-state index >= 15 is 0 Å². The normalized spacial score (nSPS) is 15.2. The minimum Gasteiger partial charge on any atom is -0.271 e. The fourth-order valence-electron chi connectivity index (χ4n) is 1.92. The summed E-state index contributed by atoms with van der Waals surface area (Å²) in [7, 11) is 0. The first kappa shape index (κ1) is 10.9. The van der Waals surface area contributed by atoms with Crippen LogP contribution in [0.3, 0.4) is 0 Å². The molecular weight excluding hydrogens is 234 g/mol. The van der Waals surface area contributed by atoms with Gasteiger partial charge in [-0.05, 0) is 18.6 Å². The second-order valence-electron chi connectivity index (χ2n) is 4.00. The van der Waals surface area contributed by atoms with E-state index in [9.17, 15) is 9.59 Å². The summed E-state index contributed by atoms with van der Waals surface area (Å²) in [6.45, 7) is 1.02. The lowest BCUT2D eigenvalue weighted by molar-refractivity contribution is -0.0769. The maximum atomic E-state index is 12.1. The highest BCUT2D eigenvalue weighted by Crippen LogP contribution is 2.08. The van der Waals surface area contributed by atoms with Gasteiger partial charge in [-0.25, -0.2) is 10.0 Å². The van der Waals surface area contributed by atoms with Gasteiger partial charge < -0.3 is 0 Å². The van der Waals surface area contributed by atoms with E-state index in [-0.39, 0.29) is 11.1 Å². The lowest BCUT2D eigenvalue weighted by Gasteiger charge is -2.13. The zero-order chi connectivity index (χ0) is 12.5. The third-order valence-electron chi connectivity index (χ3n) is 2.82. The molecule has 2 aromatic rings. The predicted molar refractivity (Wildman–Crippen MR) is 63.1 cm³/mol. The SMILES string of the molecule is O=C(c1cnc2ccccn2c1=O)N1CCCO1. The predicted octanol–water partition coefficient (Wildman–Crippen LogP) is 0.472. The number of fused-ring (bicyclic) bond motifs is 1. The molecule has 1 amide bonds. The van der Waals surface area contributed by atoms with Gasteiger partial charge in [-0.2, -0.15) is 0 Å². The van der Waals surface area contributed by atoms with Gasteiger partial charge >= 0.3 is 0 Å². The van der Waals surface area contributed by atoms with Crippen LogP contribution in [-0.4, -0.2) is 33.5 Å². The Morgan fingerprint density at radius 3 is 3.06 bits per heavy atom. The minimum atomic E-state index is -0.428. The maximum Gasteiger partial charge on any atom is 0.284 e. The molecule has 1 fully saturated rings. The molecule has 1 aliphatic rings. The van der Waals surface area contributed by atoms with Crippen molar-refractivity contribution < 1.29 is 9.63 Å². The molecule has 0 bridgehead atoms. The van der Waals surface area contributed by atoms with E-state index in [1.807, 2.05) is 0 Å². The molecule has 3 heterocycles. The van der Waals surface area contributed by atoms with E-state index in [4.69, 9.17) is 4.84 Å². The van der Waals surface area contributed by atoms with Crippen molar-refractivity contribution in [3.63, 3.8) is 0 Å². The van der Waals surface area contributed by atoms with Crippen LogP contribution in [0.15, 0.2) is 35.4 Å². The summed E-state index contributed by atoms with van der Waals surface area (Å²) in [5, 5.41) is 1.22. The van der Waals surface area contributed by atoms with Gasteiger partial charge in [0.15, 0.2) is 0 Å². The van der Waals surface area contributed by atoms with Gasteiger partial charge in [-0.3, -0.25) is 18.8 Å². The number of rotatable bonds is 1. The van der Waals surface area contributed by atoms with Crippen LogP contribution in [0, 0.1) is 0 Å². The Morgan fingerprint density at radius 1 is 1.39 bits per heavy atom. The summed E-state index contributed by atoms with van der Waals surface area (Å²) in [4.78, 5) is 33.4. The van der Waals surface area contributed by atoms with Crippen molar-refractivity contribution in [2.45, 2.75) is 6.42 Å². The molecule has 0 radical (unpaired) electrons. The highest BCUT2D eigenvalue weighted by atomic mass is 16.7. The first-order chi connectivity index (χ1) is 8.77. The summed E-state index contributed by atoms with van der Waals surface area (Å²) in [5.74, 6) is -0.428. The molecular formula is C12H11N3O3. The van der Waals surface area contributed by atoms with Crippen LogP contribution in [0.25, 0.3) is 5.65 Å². The number of carbonyl (C=O) groups excluding carboxylic acids is 1. The lowest BCUT2D eigenvalue weighted by atomic mass is 10.3. The van der Waals surface area contributed by atoms with Gasteiger partial charge in [0.2, 0.25) is 0 Å². The zero-order valence-electron chi connectivity index (χ0n) is 9.57. The van der Waals surface area contributed by atoms with Crippen LogP contribution < -0.4 is 5.56 Å². The van der Waals surface area contributed by atoms with Crippen molar-refractivity contribution >= 4 is 11.6 Å². The molecule has 1 saturated heterocycles. The standard InChI is InChI=1S/C12H11N3O3/c16-11-9(12(17)15-6-3-7-18-15)8-13-10-4-1-2-5-14(10)11/h1-2,4-5,8H,3,6-7H2. The third kappa shape index (κ3) is 1.67. The maximum absolute atomic E-state index is 12.1. The van der Waals surface area contributed by atoms with Crippen molar-refractivity contribution in [3.05, 3.63) is 46.5 Å². The Bertz CT molecular complexity index is 659. The molecule has 0 spiro atoms. The minimum absolute atomic E-state index is 0.0283. The first-order valence-corrected chi connectivity index (χ1v) is 5.68. The number of hydrogen-bond donors (Lipinski definition) is 0. The number of nitrogens with zero attached hydrogens (tertiary/aromatic N) is 3. The van der Waals surface area contributed by atoms with E-state index < -0.39 is 5.91 Å². The molecule has 1 aliphatic heterocycles. The molecule has 6 heteroatoms. The highest BCUT2D eigenvalue weighted by molar-refractivity contribution is 5.93. The van der Waals surface area contributed by atoms with E-state index in [2.05, 4.69) is 4.98 Å². The Labute approximate surface area is 102 Å². The summed E-state index contributed by atoms with van der Waals surface area (Å²) < 4.78 is 1.35. The lowest BCUT2D eigenvalue weighted by Crippen LogP contribution is -2.33. The smallest absolute Gasteiger partial charge is 0.271 e. The van der Waals surface area contributed by atoms with Crippen LogP contribution in [0.2, 0.25) is 0 Å². The van der Waals surface area contributed by atoms with Crippen LogP contribution in [-0.2, 0) is 4.84 Å². The molecule has 0 N–H and O–H groups in total. The number of amides is 1. The fourth-order valence-corrected chi connectivity index (χ4v) is 1.92. The largest absolute Gasteiger partial charge is 0.284 e. The van der Waals surface area contributed by atoms with Crippen LogP contribution in [0.1, 0.15) is 16.8 Å². The fraction of sp³-hybridized carbons (Fsp3) is 0.250. The second kappa shape index (κ2) is 4.23. The van der Waals surface area contributed by atoms with Gasteiger partial charge in [-0.15, -0.1) is 0 Å². The van der Waals surface area contributed by atoms with Gasteiger partial charge in [0.05, 0.1) is 13.2 Å². The molecule has 0 aromatic carbocycles. The third-order valence-corrected chi connectivity index (χ3v) is 2.82. The number of aromatic nitrogens is 2. The molecule has 18 heavy (non-hydrogen) atoms. The zero-order valence-corrected chi connectivity index (χ0v) is 9.57. The Hall–Kier alpha value is -2.21. The number of hydroxylamine groups is 2. The molecule has 0 atom stereocenters. The Balaban J connectivity index is 2.09. The van der Waals surface area contributed by atoms with E-state index in [0.717, 1.165) is 6.42 Å². The van der Waals surface area contributed by atoms with E-state index in [1.54, 1.807) is 24.4 Å². The van der Waals surface area contributed by atoms with Crippen LogP contribution in [0.5, 0.6) is 0 Å². The first-order valence-electron chi connectivity index (χ1n) is 5.68. The topological polar surface area (TPSA) is 63.9 Å². The van der Waals surface area contributed by atoms with Crippen molar-refractivity contribution in [3.8, 4) is 0 Å². The van der Waals surface area contributed by atoms with Gasteiger partial charge in [-0.1, -0.05) is 6.07 Å². The summed E-state index contributed by atoms with van der Waals surface area (Å²) in [5.41, 5.74) is 0.170. The molecule has 0 unspecified atom stereocenters. The molecule has 3 rings (SSSR count). The van der Waals surface area contributed by atoms with Crippen LogP contribution in [0.4, 0.5) is 0 Å². The van der Waals surface area contributed by atoms with Crippen molar-refractivity contribution in [2.75, 3.05) is 13.2 Å². The monoisotopic (exact) mass is 245 g/mol. The van der Waals surface area contributed by atoms with E-state index in [0.29, 0.717) is 18.8 Å². The van der Waals surface area contributed by atoms with E-state index in [1.165, 1.54) is 15.7 Å². The quantitative estimate of drug-likeness (QED) is 0.732. The Kier molecular flexibility index (Phi) is 2.56. The Morgan fingerprint density at radius 2 is 2.28 bits per heavy atom. The van der Waals surface area contributed by atoms with Gasteiger partial charge in [0.1, 0.15) is 11.2 Å². The van der Waals surface area contributed by atoms with Crippen molar-refractivity contribution in [2.24, 2.45) is 0 Å².